The van der Waals surface area contributed by atoms with Gasteiger partial charge in [0.25, 0.3) is 0 Å². The predicted octanol–water partition coefficient (Wildman–Crippen LogP) is 1.50. The van der Waals surface area contributed by atoms with Gasteiger partial charge >= 0.3 is 0 Å². The number of carbonyl (C=O) groups is 1. The molecule has 0 aromatic heterocycles. The van der Waals surface area contributed by atoms with E-state index in [1.165, 1.54) is 5.56 Å². The van der Waals surface area contributed by atoms with Gasteiger partial charge in [-0.1, -0.05) is 6.07 Å². The third-order valence-corrected chi connectivity index (χ3v) is 4.03. The lowest BCUT2D eigenvalue weighted by molar-refractivity contribution is -0.139. The Balaban J connectivity index is 2.12. The summed E-state index contributed by atoms with van der Waals surface area (Å²) in [6.45, 7) is 4.94. The number of nitrogens with zero attached hydrogens (tertiary/aromatic N) is 2. The number of piperazine rings is 1. The second-order valence-corrected chi connectivity index (χ2v) is 5.49. The Morgan fingerprint density at radius 3 is 2.71 bits per heavy atom. The highest BCUT2D eigenvalue weighted by Gasteiger charge is 2.29. The fourth-order valence-corrected chi connectivity index (χ4v) is 2.71. The maximum absolute atomic E-state index is 12.0. The van der Waals surface area contributed by atoms with E-state index in [9.17, 15) is 4.79 Å². The highest BCUT2D eigenvalue weighted by Crippen LogP contribution is 2.22. The van der Waals surface area contributed by atoms with Crippen LogP contribution in [0, 0.1) is 0 Å². The zero-order valence-corrected chi connectivity index (χ0v) is 13.3. The molecule has 2 rings (SSSR count). The molecular weight excluding hydrogens is 268 g/mol. The first-order valence-electron chi connectivity index (χ1n) is 7.20. The third kappa shape index (κ3) is 3.54. The summed E-state index contributed by atoms with van der Waals surface area (Å²) in [5.74, 6) is 1.02. The van der Waals surface area contributed by atoms with Crippen LogP contribution in [-0.4, -0.2) is 56.1 Å². The lowest BCUT2D eigenvalue weighted by Crippen LogP contribution is -2.53. The molecule has 0 aliphatic carbocycles. The van der Waals surface area contributed by atoms with Crippen molar-refractivity contribution in [1.29, 1.82) is 0 Å². The normalized spacial score (nSPS) is 19.9. The smallest absolute Gasteiger partial charge is 0.239 e. The molecule has 1 heterocycles. The zero-order valence-electron chi connectivity index (χ0n) is 13.3. The van der Waals surface area contributed by atoms with Gasteiger partial charge < -0.3 is 14.4 Å². The van der Waals surface area contributed by atoms with Crippen molar-refractivity contribution in [3.05, 3.63) is 29.3 Å². The number of rotatable bonds is 5. The Hall–Kier alpha value is -1.59. The van der Waals surface area contributed by atoms with Crippen LogP contribution in [0.4, 0.5) is 0 Å². The summed E-state index contributed by atoms with van der Waals surface area (Å²) in [5.41, 5.74) is 2.21. The van der Waals surface area contributed by atoms with Gasteiger partial charge in [-0.3, -0.25) is 9.69 Å². The molecule has 0 saturated carbocycles. The van der Waals surface area contributed by atoms with Crippen LogP contribution in [0.25, 0.3) is 0 Å². The molecule has 0 radical (unpaired) electrons. The van der Waals surface area contributed by atoms with Gasteiger partial charge in [-0.2, -0.15) is 0 Å². The molecule has 1 atom stereocenters. The van der Waals surface area contributed by atoms with Crippen LogP contribution in [0.2, 0.25) is 0 Å². The van der Waals surface area contributed by atoms with E-state index in [0.29, 0.717) is 6.61 Å². The fourth-order valence-electron chi connectivity index (χ4n) is 2.71. The minimum Gasteiger partial charge on any atom is -0.496 e. The van der Waals surface area contributed by atoms with E-state index >= 15 is 0 Å². The minimum atomic E-state index is -0.0725. The zero-order chi connectivity index (χ0) is 15.4. The maximum atomic E-state index is 12.0. The van der Waals surface area contributed by atoms with Crippen LogP contribution in [-0.2, 0) is 22.7 Å². The summed E-state index contributed by atoms with van der Waals surface area (Å²) >= 11 is 0. The number of methoxy groups -OCH3 is 2. The quantitative estimate of drug-likeness (QED) is 0.825. The van der Waals surface area contributed by atoms with Crippen molar-refractivity contribution in [3.63, 3.8) is 0 Å². The lowest BCUT2D eigenvalue weighted by Gasteiger charge is -2.37. The number of carbonyl (C=O) groups excluding carboxylic acids is 1. The molecule has 1 aliphatic heterocycles. The van der Waals surface area contributed by atoms with Gasteiger partial charge in [-0.15, -0.1) is 0 Å². The molecule has 21 heavy (non-hydrogen) atoms. The van der Waals surface area contributed by atoms with Gasteiger partial charge in [-0.05, 0) is 24.6 Å². The monoisotopic (exact) mass is 292 g/mol. The Labute approximate surface area is 126 Å². The largest absolute Gasteiger partial charge is 0.496 e. The van der Waals surface area contributed by atoms with Crippen LogP contribution in [0.15, 0.2) is 18.2 Å². The molecule has 1 aromatic carbocycles. The van der Waals surface area contributed by atoms with Crippen LogP contribution in [0.3, 0.4) is 0 Å². The van der Waals surface area contributed by atoms with E-state index < -0.39 is 0 Å². The Morgan fingerprint density at radius 1 is 1.29 bits per heavy atom. The summed E-state index contributed by atoms with van der Waals surface area (Å²) in [6, 6.07) is 6.04. The van der Waals surface area contributed by atoms with Crippen molar-refractivity contribution < 1.29 is 14.3 Å². The van der Waals surface area contributed by atoms with Crippen LogP contribution < -0.4 is 4.74 Å². The van der Waals surface area contributed by atoms with Crippen LogP contribution in [0.1, 0.15) is 18.1 Å². The van der Waals surface area contributed by atoms with Crippen molar-refractivity contribution in [1.82, 2.24) is 9.80 Å². The Kier molecular flexibility index (Phi) is 5.20. The van der Waals surface area contributed by atoms with Crippen LogP contribution >= 0.6 is 0 Å². The number of hydrogen-bond acceptors (Lipinski definition) is 4. The number of amides is 1. The summed E-state index contributed by atoms with van der Waals surface area (Å²) in [5, 5.41) is 0. The molecule has 1 unspecified atom stereocenters. The molecule has 5 nitrogen and oxygen atoms in total. The molecule has 1 fully saturated rings. The third-order valence-electron chi connectivity index (χ3n) is 4.03. The Bertz CT molecular complexity index is 504. The van der Waals surface area contributed by atoms with E-state index in [-0.39, 0.29) is 11.9 Å². The first-order chi connectivity index (χ1) is 10.1. The molecule has 1 amide bonds. The second-order valence-electron chi connectivity index (χ2n) is 5.49. The van der Waals surface area contributed by atoms with E-state index in [0.717, 1.165) is 30.9 Å². The van der Waals surface area contributed by atoms with Gasteiger partial charge in [0.15, 0.2) is 0 Å². The average Bonchev–Trinajstić information content (AvgIpc) is 2.49. The molecule has 1 aromatic rings. The first-order valence-corrected chi connectivity index (χ1v) is 7.20. The Morgan fingerprint density at radius 2 is 2.05 bits per heavy atom. The summed E-state index contributed by atoms with van der Waals surface area (Å²) in [4.78, 5) is 16.0. The highest BCUT2D eigenvalue weighted by molar-refractivity contribution is 5.81. The van der Waals surface area contributed by atoms with Gasteiger partial charge in [0.2, 0.25) is 5.91 Å². The molecule has 0 N–H and O–H groups in total. The molecule has 116 valence electrons. The number of ether oxygens (including phenoxy) is 2. The molecular formula is C16H24N2O3. The maximum Gasteiger partial charge on any atom is 0.239 e. The summed E-state index contributed by atoms with van der Waals surface area (Å²) < 4.78 is 10.6. The van der Waals surface area contributed by atoms with Crippen molar-refractivity contribution in [3.8, 4) is 5.75 Å². The number of benzene rings is 1. The predicted molar refractivity (Wildman–Crippen MR) is 81.2 cm³/mol. The molecule has 0 bridgehead atoms. The van der Waals surface area contributed by atoms with Gasteiger partial charge in [0, 0.05) is 39.4 Å². The second kappa shape index (κ2) is 6.91. The van der Waals surface area contributed by atoms with E-state index in [1.54, 1.807) is 19.1 Å². The highest BCUT2D eigenvalue weighted by atomic mass is 16.5. The van der Waals surface area contributed by atoms with E-state index in [2.05, 4.69) is 11.0 Å². The van der Waals surface area contributed by atoms with Gasteiger partial charge in [0.1, 0.15) is 5.75 Å². The molecule has 0 spiro atoms. The SMILES string of the molecule is COCc1cc(CN2CCN(C)C(=O)C2C)ccc1OC. The van der Waals surface area contributed by atoms with E-state index in [4.69, 9.17) is 9.47 Å². The standard InChI is InChI=1S/C16H24N2O3/c1-12-16(19)17(2)7-8-18(12)10-13-5-6-15(21-4)14(9-13)11-20-3/h5-6,9,12H,7-8,10-11H2,1-4H3. The number of likely N-dealkylation sites (N-methyl/N-ethyl adjacent to an activating group) is 1. The molecule has 5 heteroatoms. The fraction of sp³-hybridized carbons (Fsp3) is 0.562. The first kappa shape index (κ1) is 15.8. The summed E-state index contributed by atoms with van der Waals surface area (Å²) in [6.07, 6.45) is 0. The molecule has 1 aliphatic rings. The van der Waals surface area contributed by atoms with Crippen LogP contribution in [0.5, 0.6) is 5.75 Å². The average molecular weight is 292 g/mol. The minimum absolute atomic E-state index is 0.0725. The summed E-state index contributed by atoms with van der Waals surface area (Å²) in [7, 11) is 5.20. The van der Waals surface area contributed by atoms with Crippen molar-refractivity contribution in [2.75, 3.05) is 34.4 Å². The van der Waals surface area contributed by atoms with E-state index in [1.807, 2.05) is 26.1 Å². The van der Waals surface area contributed by atoms with Crippen molar-refractivity contribution >= 4 is 5.91 Å². The lowest BCUT2D eigenvalue weighted by atomic mass is 10.1. The number of hydrogen-bond donors (Lipinski definition) is 0. The van der Waals surface area contributed by atoms with Crippen molar-refractivity contribution in [2.45, 2.75) is 26.1 Å². The molecule has 1 saturated heterocycles. The van der Waals surface area contributed by atoms with Gasteiger partial charge in [0.05, 0.1) is 19.8 Å². The van der Waals surface area contributed by atoms with Gasteiger partial charge in [-0.25, -0.2) is 0 Å². The topological polar surface area (TPSA) is 42.0 Å². The van der Waals surface area contributed by atoms with Crippen molar-refractivity contribution in [2.24, 2.45) is 0 Å².